The second kappa shape index (κ2) is 5.53. The van der Waals surface area contributed by atoms with E-state index in [0.717, 1.165) is 17.2 Å². The Morgan fingerprint density at radius 1 is 1.33 bits per heavy atom. The van der Waals surface area contributed by atoms with Gasteiger partial charge in [-0.1, -0.05) is 5.16 Å². The van der Waals surface area contributed by atoms with Gasteiger partial charge in [-0.15, -0.1) is 0 Å². The molecule has 0 aliphatic heterocycles. The zero-order valence-electron chi connectivity index (χ0n) is 11.7. The largest absolute Gasteiger partial charge is 0.494 e. The van der Waals surface area contributed by atoms with Crippen LogP contribution in [0, 0.1) is 11.7 Å². The van der Waals surface area contributed by atoms with Gasteiger partial charge >= 0.3 is 0 Å². The van der Waals surface area contributed by atoms with E-state index in [2.05, 4.69) is 15.4 Å². The zero-order chi connectivity index (χ0) is 14.8. The fourth-order valence-corrected chi connectivity index (χ4v) is 2.28. The molecule has 1 N–H and O–H groups in total. The molecule has 0 atom stereocenters. The maximum atomic E-state index is 5.44. The van der Waals surface area contributed by atoms with Crippen LogP contribution in [0.25, 0.3) is 17.2 Å². The molecule has 0 fully saturated rings. The Bertz CT molecular complexity index is 801. The molecule has 1 aromatic carbocycles. The molecular formula is C14H14N4O2S. The van der Waals surface area contributed by atoms with Crippen LogP contribution in [0.1, 0.15) is 12.7 Å². The van der Waals surface area contributed by atoms with Gasteiger partial charge in [0.15, 0.2) is 16.3 Å². The summed E-state index contributed by atoms with van der Waals surface area (Å²) in [6, 6.07) is 9.45. The van der Waals surface area contributed by atoms with Gasteiger partial charge in [-0.25, -0.2) is 0 Å². The molecule has 2 heterocycles. The number of ether oxygens (including phenoxy) is 1. The lowest BCUT2D eigenvalue weighted by Gasteiger charge is -2.07. The molecule has 6 nitrogen and oxygen atoms in total. The van der Waals surface area contributed by atoms with Crippen molar-refractivity contribution >= 4 is 12.2 Å². The Morgan fingerprint density at radius 3 is 2.71 bits per heavy atom. The quantitative estimate of drug-likeness (QED) is 0.749. The number of nitrogens with zero attached hydrogens (tertiary/aromatic N) is 3. The summed E-state index contributed by atoms with van der Waals surface area (Å²) in [4.78, 5) is 0. The van der Waals surface area contributed by atoms with Crippen LogP contribution >= 0.6 is 12.2 Å². The summed E-state index contributed by atoms with van der Waals surface area (Å²) in [5.74, 6) is 2.15. The molecule has 0 radical (unpaired) electrons. The van der Waals surface area contributed by atoms with Gasteiger partial charge in [-0.2, -0.15) is 5.10 Å². The first-order valence-corrected chi connectivity index (χ1v) is 6.94. The average molecular weight is 302 g/mol. The minimum absolute atomic E-state index is 0.495. The Morgan fingerprint density at radius 2 is 2.10 bits per heavy atom. The highest BCUT2D eigenvalue weighted by atomic mass is 32.1. The van der Waals surface area contributed by atoms with E-state index in [9.17, 15) is 0 Å². The predicted molar refractivity (Wildman–Crippen MR) is 80.2 cm³/mol. The van der Waals surface area contributed by atoms with Crippen LogP contribution in [-0.4, -0.2) is 26.5 Å². The van der Waals surface area contributed by atoms with Crippen LogP contribution in [0.15, 0.2) is 34.9 Å². The highest BCUT2D eigenvalue weighted by Gasteiger charge is 2.14. The van der Waals surface area contributed by atoms with Crippen LogP contribution < -0.4 is 4.74 Å². The van der Waals surface area contributed by atoms with E-state index in [4.69, 9.17) is 21.5 Å². The lowest BCUT2D eigenvalue weighted by Crippen LogP contribution is -1.98. The number of hydrogen-bond acceptors (Lipinski definition) is 5. The number of hydrogen-bond donors (Lipinski definition) is 1. The molecule has 0 spiro atoms. The number of rotatable bonds is 4. The van der Waals surface area contributed by atoms with Crippen molar-refractivity contribution < 1.29 is 9.26 Å². The molecule has 2 aromatic heterocycles. The van der Waals surface area contributed by atoms with E-state index in [1.807, 2.05) is 48.7 Å². The summed E-state index contributed by atoms with van der Waals surface area (Å²) < 4.78 is 12.8. The topological polar surface area (TPSA) is 68.9 Å². The number of H-pyrrole nitrogens is 1. The van der Waals surface area contributed by atoms with E-state index < -0.39 is 0 Å². The molecule has 0 aliphatic rings. The standard InChI is InChI=1S/C14H14N4O2S/c1-3-19-11-6-4-10(5-7-11)18-13(15-16-14(18)21)12-8-9(2)20-17-12/h4-8H,3H2,1-2H3,(H,16,21). The number of nitrogens with one attached hydrogen (secondary N) is 1. The summed E-state index contributed by atoms with van der Waals surface area (Å²) in [5.41, 5.74) is 1.52. The predicted octanol–water partition coefficient (Wildman–Crippen LogP) is 3.29. The van der Waals surface area contributed by atoms with Gasteiger partial charge in [0.05, 0.1) is 12.3 Å². The van der Waals surface area contributed by atoms with Gasteiger partial charge in [-0.3, -0.25) is 9.67 Å². The maximum Gasteiger partial charge on any atom is 0.200 e. The van der Waals surface area contributed by atoms with Crippen molar-refractivity contribution in [2.75, 3.05) is 6.61 Å². The molecule has 0 bridgehead atoms. The third kappa shape index (κ3) is 2.59. The van der Waals surface area contributed by atoms with Crippen molar-refractivity contribution in [2.45, 2.75) is 13.8 Å². The second-order valence-electron chi connectivity index (χ2n) is 4.44. The first-order valence-electron chi connectivity index (χ1n) is 6.53. The molecule has 0 aliphatic carbocycles. The highest BCUT2D eigenvalue weighted by molar-refractivity contribution is 7.71. The third-order valence-corrected chi connectivity index (χ3v) is 3.21. The molecule has 108 valence electrons. The molecular weight excluding hydrogens is 288 g/mol. The second-order valence-corrected chi connectivity index (χ2v) is 4.82. The van der Waals surface area contributed by atoms with Crippen molar-refractivity contribution in [3.63, 3.8) is 0 Å². The van der Waals surface area contributed by atoms with Crippen molar-refractivity contribution in [2.24, 2.45) is 0 Å². The smallest absolute Gasteiger partial charge is 0.200 e. The molecule has 3 rings (SSSR count). The van der Waals surface area contributed by atoms with Crippen molar-refractivity contribution in [3.05, 3.63) is 40.9 Å². The number of aryl methyl sites for hydroxylation is 1. The summed E-state index contributed by atoms with van der Waals surface area (Å²) in [6.45, 7) is 4.41. The zero-order valence-corrected chi connectivity index (χ0v) is 12.5. The van der Waals surface area contributed by atoms with E-state index in [0.29, 0.717) is 22.9 Å². The molecule has 0 saturated carbocycles. The maximum absolute atomic E-state index is 5.44. The summed E-state index contributed by atoms with van der Waals surface area (Å²) in [5, 5.41) is 11.0. The first kappa shape index (κ1) is 13.6. The van der Waals surface area contributed by atoms with Crippen molar-refractivity contribution in [3.8, 4) is 23.0 Å². The minimum atomic E-state index is 0.495. The van der Waals surface area contributed by atoms with Gasteiger partial charge in [0.2, 0.25) is 0 Å². The molecule has 0 unspecified atom stereocenters. The SMILES string of the molecule is CCOc1ccc(-n2c(-c3cc(C)on3)n[nH]c2=S)cc1. The van der Waals surface area contributed by atoms with Crippen LogP contribution in [0.4, 0.5) is 0 Å². The first-order chi connectivity index (χ1) is 10.2. The monoisotopic (exact) mass is 302 g/mol. The van der Waals surface area contributed by atoms with Crippen LogP contribution in [0.5, 0.6) is 5.75 Å². The van der Waals surface area contributed by atoms with E-state index >= 15 is 0 Å². The molecule has 7 heteroatoms. The van der Waals surface area contributed by atoms with Gasteiger partial charge in [0, 0.05) is 6.07 Å². The van der Waals surface area contributed by atoms with E-state index in [1.165, 1.54) is 0 Å². The van der Waals surface area contributed by atoms with E-state index in [-0.39, 0.29) is 0 Å². The summed E-state index contributed by atoms with van der Waals surface area (Å²) >= 11 is 5.30. The Balaban J connectivity index is 2.06. The lowest BCUT2D eigenvalue weighted by atomic mass is 10.3. The van der Waals surface area contributed by atoms with Gasteiger partial charge in [-0.05, 0) is 50.3 Å². The fraction of sp³-hybridized carbons (Fsp3) is 0.214. The molecule has 0 saturated heterocycles. The van der Waals surface area contributed by atoms with Gasteiger partial charge in [0.25, 0.3) is 0 Å². The fourth-order valence-electron chi connectivity index (χ4n) is 2.04. The Labute approximate surface area is 126 Å². The average Bonchev–Trinajstić information content (AvgIpc) is 3.06. The summed E-state index contributed by atoms with van der Waals surface area (Å²) in [6.07, 6.45) is 0. The number of benzene rings is 1. The molecule has 21 heavy (non-hydrogen) atoms. The third-order valence-electron chi connectivity index (χ3n) is 2.94. The number of aromatic amines is 1. The van der Waals surface area contributed by atoms with Crippen molar-refractivity contribution in [1.82, 2.24) is 19.9 Å². The van der Waals surface area contributed by atoms with E-state index in [1.54, 1.807) is 0 Å². The molecule has 3 aromatic rings. The molecule has 0 amide bonds. The lowest BCUT2D eigenvalue weighted by molar-refractivity contribution is 0.340. The van der Waals surface area contributed by atoms with Gasteiger partial charge < -0.3 is 9.26 Å². The minimum Gasteiger partial charge on any atom is -0.494 e. The summed E-state index contributed by atoms with van der Waals surface area (Å²) in [7, 11) is 0. The van der Waals surface area contributed by atoms with Crippen LogP contribution in [0.2, 0.25) is 0 Å². The normalized spacial score (nSPS) is 10.8. The Hall–Kier alpha value is -2.41. The number of aromatic nitrogens is 4. The van der Waals surface area contributed by atoms with Crippen LogP contribution in [0.3, 0.4) is 0 Å². The highest BCUT2D eigenvalue weighted by Crippen LogP contribution is 2.22. The van der Waals surface area contributed by atoms with Crippen molar-refractivity contribution in [1.29, 1.82) is 0 Å². The van der Waals surface area contributed by atoms with Gasteiger partial charge in [0.1, 0.15) is 11.5 Å². The van der Waals surface area contributed by atoms with Crippen LogP contribution in [-0.2, 0) is 0 Å². The Kier molecular flexibility index (Phi) is 3.57.